The van der Waals surface area contributed by atoms with E-state index in [2.05, 4.69) is 16.8 Å². The third-order valence-corrected chi connectivity index (χ3v) is 4.55. The number of rotatable bonds is 2. The van der Waals surface area contributed by atoms with Crippen LogP contribution in [0, 0.1) is 5.92 Å². The van der Waals surface area contributed by atoms with Crippen LogP contribution in [-0.2, 0) is 0 Å². The fraction of sp³-hybridized carbons (Fsp3) is 0.625. The number of carbonyl (C=O) groups excluding carboxylic acids is 1. The minimum Gasteiger partial charge on any atom is -0.391 e. The van der Waals surface area contributed by atoms with E-state index < -0.39 is 0 Å². The largest absolute Gasteiger partial charge is 0.391 e. The number of aliphatic hydroxyl groups excluding tert-OH is 1. The topological polar surface area (TPSA) is 56.7 Å². The van der Waals surface area contributed by atoms with E-state index in [1.165, 1.54) is 0 Å². The highest BCUT2D eigenvalue weighted by atomic mass is 16.3. The van der Waals surface area contributed by atoms with Crippen LogP contribution >= 0.6 is 0 Å². The first-order chi connectivity index (χ1) is 10.1. The van der Waals surface area contributed by atoms with E-state index >= 15 is 0 Å². The molecule has 0 saturated carbocycles. The van der Waals surface area contributed by atoms with Crippen LogP contribution in [0.5, 0.6) is 0 Å². The van der Waals surface area contributed by atoms with Crippen LogP contribution < -0.4 is 4.90 Å². The number of aliphatic hydroxyl groups is 1. The number of nitrogens with zero attached hydrogens (tertiary/aromatic N) is 3. The molecule has 1 N–H and O–H groups in total. The predicted octanol–water partition coefficient (Wildman–Crippen LogP) is 1.52. The van der Waals surface area contributed by atoms with Crippen LogP contribution in [0.3, 0.4) is 0 Å². The van der Waals surface area contributed by atoms with Crippen molar-refractivity contribution in [1.29, 1.82) is 0 Å². The van der Waals surface area contributed by atoms with E-state index in [0.29, 0.717) is 12.1 Å². The number of aromatic nitrogens is 1. The second-order valence-corrected chi connectivity index (χ2v) is 6.27. The molecule has 1 aromatic heterocycles. The van der Waals surface area contributed by atoms with Gasteiger partial charge in [0.25, 0.3) is 5.91 Å². The number of hydrogen-bond acceptors (Lipinski definition) is 4. The summed E-state index contributed by atoms with van der Waals surface area (Å²) in [5, 5.41) is 9.57. The van der Waals surface area contributed by atoms with Gasteiger partial charge in [-0.15, -0.1) is 0 Å². The van der Waals surface area contributed by atoms with Crippen molar-refractivity contribution in [3.8, 4) is 0 Å². The van der Waals surface area contributed by atoms with Gasteiger partial charge in [0.2, 0.25) is 0 Å². The van der Waals surface area contributed by atoms with Crippen molar-refractivity contribution in [2.45, 2.75) is 32.3 Å². The zero-order chi connectivity index (χ0) is 14.8. The molecule has 114 valence electrons. The van der Waals surface area contributed by atoms with Crippen LogP contribution in [-0.4, -0.2) is 53.2 Å². The molecule has 0 spiro atoms. The van der Waals surface area contributed by atoms with Crippen LogP contribution in [0.4, 0.5) is 5.82 Å². The summed E-state index contributed by atoms with van der Waals surface area (Å²) in [6.45, 7) is 5.39. The van der Waals surface area contributed by atoms with Gasteiger partial charge in [0.1, 0.15) is 5.82 Å². The Labute approximate surface area is 125 Å². The minimum absolute atomic E-state index is 0.0856. The van der Waals surface area contributed by atoms with E-state index in [9.17, 15) is 9.90 Å². The standard InChI is InChI=1S/C16H23N3O2/c1-12-4-7-18(8-5-12)16(21)13-2-3-15(17-10-13)19-9-6-14(20)11-19/h2-3,10,12,14,20H,4-9,11H2,1H3/t14-/m0/s1. The Morgan fingerprint density at radius 2 is 2.00 bits per heavy atom. The lowest BCUT2D eigenvalue weighted by Crippen LogP contribution is -2.38. The minimum atomic E-state index is -0.261. The number of anilines is 1. The summed E-state index contributed by atoms with van der Waals surface area (Å²) in [6, 6.07) is 3.74. The van der Waals surface area contributed by atoms with Crippen molar-refractivity contribution in [3.63, 3.8) is 0 Å². The molecule has 0 unspecified atom stereocenters. The van der Waals surface area contributed by atoms with Gasteiger partial charge in [-0.2, -0.15) is 0 Å². The molecule has 1 atom stereocenters. The maximum Gasteiger partial charge on any atom is 0.255 e. The Balaban J connectivity index is 1.65. The zero-order valence-corrected chi connectivity index (χ0v) is 12.5. The third kappa shape index (κ3) is 3.18. The summed E-state index contributed by atoms with van der Waals surface area (Å²) in [7, 11) is 0. The molecule has 0 aliphatic carbocycles. The molecule has 1 amide bonds. The number of likely N-dealkylation sites (tertiary alicyclic amines) is 1. The molecule has 2 aliphatic heterocycles. The normalized spacial score (nSPS) is 23.6. The quantitative estimate of drug-likeness (QED) is 0.897. The average Bonchev–Trinajstić information content (AvgIpc) is 2.94. The number of amides is 1. The van der Waals surface area contributed by atoms with E-state index in [1.807, 2.05) is 17.0 Å². The van der Waals surface area contributed by atoms with Crippen molar-refractivity contribution in [1.82, 2.24) is 9.88 Å². The maximum atomic E-state index is 12.4. The first kappa shape index (κ1) is 14.3. The number of carbonyl (C=O) groups is 1. The lowest BCUT2D eigenvalue weighted by Gasteiger charge is -2.30. The molecule has 0 aromatic carbocycles. The van der Waals surface area contributed by atoms with Gasteiger partial charge in [-0.1, -0.05) is 6.92 Å². The van der Waals surface area contributed by atoms with Gasteiger partial charge in [0.05, 0.1) is 11.7 Å². The second-order valence-electron chi connectivity index (χ2n) is 6.27. The van der Waals surface area contributed by atoms with E-state index in [-0.39, 0.29) is 12.0 Å². The number of pyridine rings is 1. The Bertz CT molecular complexity index is 495. The summed E-state index contributed by atoms with van der Waals surface area (Å²) in [5.74, 6) is 1.65. The second kappa shape index (κ2) is 6.02. The lowest BCUT2D eigenvalue weighted by molar-refractivity contribution is 0.0697. The highest BCUT2D eigenvalue weighted by Gasteiger charge is 2.23. The van der Waals surface area contributed by atoms with Crippen LogP contribution in [0.15, 0.2) is 18.3 Å². The average molecular weight is 289 g/mol. The maximum absolute atomic E-state index is 12.4. The van der Waals surface area contributed by atoms with Gasteiger partial charge < -0.3 is 14.9 Å². The molecule has 3 heterocycles. The molecule has 21 heavy (non-hydrogen) atoms. The zero-order valence-electron chi connectivity index (χ0n) is 12.5. The highest BCUT2D eigenvalue weighted by Crippen LogP contribution is 2.20. The Morgan fingerprint density at radius 1 is 1.24 bits per heavy atom. The van der Waals surface area contributed by atoms with Gasteiger partial charge in [-0.3, -0.25) is 4.79 Å². The summed E-state index contributed by atoms with van der Waals surface area (Å²) < 4.78 is 0. The molecule has 5 heteroatoms. The molecule has 5 nitrogen and oxygen atoms in total. The van der Waals surface area contributed by atoms with Gasteiger partial charge in [0.15, 0.2) is 0 Å². The van der Waals surface area contributed by atoms with Gasteiger partial charge in [0, 0.05) is 32.4 Å². The first-order valence-corrected chi connectivity index (χ1v) is 7.82. The van der Waals surface area contributed by atoms with Crippen LogP contribution in [0.2, 0.25) is 0 Å². The van der Waals surface area contributed by atoms with Crippen molar-refractivity contribution in [2.24, 2.45) is 5.92 Å². The molecular weight excluding hydrogens is 266 g/mol. The third-order valence-electron chi connectivity index (χ3n) is 4.55. The van der Waals surface area contributed by atoms with E-state index in [4.69, 9.17) is 0 Å². The smallest absolute Gasteiger partial charge is 0.255 e. The predicted molar refractivity (Wildman–Crippen MR) is 81.4 cm³/mol. The number of β-amino-alcohol motifs (C(OH)–C–C–N with tert-alkyl or cyclic N) is 1. The van der Waals surface area contributed by atoms with E-state index in [1.54, 1.807) is 6.20 Å². The Morgan fingerprint density at radius 3 is 2.57 bits per heavy atom. The van der Waals surface area contributed by atoms with E-state index in [0.717, 1.165) is 50.6 Å². The summed E-state index contributed by atoms with van der Waals surface area (Å²) in [6.07, 6.45) is 4.36. The van der Waals surface area contributed by atoms with Crippen LogP contribution in [0.25, 0.3) is 0 Å². The van der Waals surface area contributed by atoms with Crippen molar-refractivity contribution >= 4 is 11.7 Å². The van der Waals surface area contributed by atoms with Gasteiger partial charge >= 0.3 is 0 Å². The number of hydrogen-bond donors (Lipinski definition) is 1. The molecule has 0 radical (unpaired) electrons. The van der Waals surface area contributed by atoms with Crippen LogP contribution in [0.1, 0.15) is 36.5 Å². The molecular formula is C16H23N3O2. The monoisotopic (exact) mass is 289 g/mol. The van der Waals surface area contributed by atoms with Crippen molar-refractivity contribution in [3.05, 3.63) is 23.9 Å². The Hall–Kier alpha value is -1.62. The summed E-state index contributed by atoms with van der Waals surface area (Å²) >= 11 is 0. The van der Waals surface area contributed by atoms with Gasteiger partial charge in [-0.25, -0.2) is 4.98 Å². The first-order valence-electron chi connectivity index (χ1n) is 7.82. The fourth-order valence-corrected chi connectivity index (χ4v) is 3.04. The van der Waals surface area contributed by atoms with Crippen molar-refractivity contribution in [2.75, 3.05) is 31.1 Å². The summed E-state index contributed by atoms with van der Waals surface area (Å²) in [4.78, 5) is 20.8. The lowest BCUT2D eigenvalue weighted by atomic mass is 9.99. The fourth-order valence-electron chi connectivity index (χ4n) is 3.04. The molecule has 3 rings (SSSR count). The Kier molecular flexibility index (Phi) is 4.10. The molecule has 0 bridgehead atoms. The van der Waals surface area contributed by atoms with Gasteiger partial charge in [-0.05, 0) is 37.3 Å². The van der Waals surface area contributed by atoms with Crippen molar-refractivity contribution < 1.29 is 9.90 Å². The molecule has 2 aliphatic rings. The molecule has 2 fully saturated rings. The molecule has 2 saturated heterocycles. The summed E-state index contributed by atoms with van der Waals surface area (Å²) in [5.41, 5.74) is 0.660. The SMILES string of the molecule is CC1CCN(C(=O)c2ccc(N3CC[C@H](O)C3)nc2)CC1. The number of piperidine rings is 1. The molecule has 1 aromatic rings. The highest BCUT2D eigenvalue weighted by molar-refractivity contribution is 5.94.